The lowest BCUT2D eigenvalue weighted by Crippen LogP contribution is -2.34. The van der Waals surface area contributed by atoms with Crippen molar-refractivity contribution in [2.24, 2.45) is 0 Å². The maximum Gasteiger partial charge on any atom is 0.252 e. The zero-order chi connectivity index (χ0) is 12.6. The molecule has 1 amide bonds. The highest BCUT2D eigenvalue weighted by Gasteiger charge is 2.32. The quantitative estimate of drug-likeness (QED) is 0.849. The van der Waals surface area contributed by atoms with E-state index in [9.17, 15) is 14.3 Å². The average Bonchev–Trinajstić information content (AvgIpc) is 2.50. The van der Waals surface area contributed by atoms with Crippen molar-refractivity contribution < 1.29 is 14.3 Å². The minimum Gasteiger partial charge on any atom is -0.369 e. The molecule has 1 aromatic rings. The van der Waals surface area contributed by atoms with Gasteiger partial charge in [0.25, 0.3) is 5.91 Å². The molecule has 0 aromatic heterocycles. The SMILES string of the molecule is CC1=C(C)[C@H](O)N(Cc2ccc(F)cc2)C1=O. The van der Waals surface area contributed by atoms with E-state index in [2.05, 4.69) is 0 Å². The van der Waals surface area contributed by atoms with Crippen molar-refractivity contribution in [3.63, 3.8) is 0 Å². The summed E-state index contributed by atoms with van der Waals surface area (Å²) in [6.07, 6.45) is -0.868. The third kappa shape index (κ3) is 2.08. The summed E-state index contributed by atoms with van der Waals surface area (Å²) < 4.78 is 12.7. The highest BCUT2D eigenvalue weighted by molar-refractivity contribution is 5.96. The molecule has 0 aliphatic carbocycles. The zero-order valence-electron chi connectivity index (χ0n) is 9.77. The van der Waals surface area contributed by atoms with E-state index >= 15 is 0 Å². The van der Waals surface area contributed by atoms with E-state index in [0.29, 0.717) is 11.1 Å². The van der Waals surface area contributed by atoms with Gasteiger partial charge in [0.1, 0.15) is 5.82 Å². The molecule has 1 N–H and O–H groups in total. The number of amides is 1. The Balaban J connectivity index is 2.16. The second kappa shape index (κ2) is 4.30. The van der Waals surface area contributed by atoms with Crippen molar-refractivity contribution in [2.45, 2.75) is 26.6 Å². The van der Waals surface area contributed by atoms with E-state index in [1.165, 1.54) is 17.0 Å². The maximum absolute atomic E-state index is 12.7. The predicted molar refractivity (Wildman–Crippen MR) is 61.3 cm³/mol. The molecule has 0 unspecified atom stereocenters. The highest BCUT2D eigenvalue weighted by Crippen LogP contribution is 2.25. The van der Waals surface area contributed by atoms with Gasteiger partial charge in [0, 0.05) is 12.1 Å². The molecule has 3 nitrogen and oxygen atoms in total. The third-order valence-electron chi connectivity index (χ3n) is 3.12. The van der Waals surface area contributed by atoms with E-state index in [-0.39, 0.29) is 18.3 Å². The number of nitrogens with zero attached hydrogens (tertiary/aromatic N) is 1. The molecule has 0 saturated heterocycles. The number of benzene rings is 1. The van der Waals surface area contributed by atoms with Crippen molar-refractivity contribution in [1.29, 1.82) is 0 Å². The van der Waals surface area contributed by atoms with Crippen LogP contribution in [0.15, 0.2) is 35.4 Å². The first-order valence-electron chi connectivity index (χ1n) is 5.41. The molecule has 0 spiro atoms. The first kappa shape index (κ1) is 11.8. The summed E-state index contributed by atoms with van der Waals surface area (Å²) in [7, 11) is 0. The summed E-state index contributed by atoms with van der Waals surface area (Å²) in [5, 5.41) is 9.89. The molecule has 1 aliphatic heterocycles. The number of halogens is 1. The number of hydrogen-bond donors (Lipinski definition) is 1. The Hall–Kier alpha value is -1.68. The molecule has 0 saturated carbocycles. The zero-order valence-corrected chi connectivity index (χ0v) is 9.77. The summed E-state index contributed by atoms with van der Waals surface area (Å²) in [4.78, 5) is 13.2. The van der Waals surface area contributed by atoms with Gasteiger partial charge in [0.15, 0.2) is 6.23 Å². The molecule has 4 heteroatoms. The van der Waals surface area contributed by atoms with Crippen LogP contribution in [0.1, 0.15) is 19.4 Å². The van der Waals surface area contributed by atoms with Crippen LogP contribution < -0.4 is 0 Å². The Bertz CT molecular complexity index is 479. The van der Waals surface area contributed by atoms with Gasteiger partial charge in [-0.3, -0.25) is 4.79 Å². The molecule has 1 aliphatic rings. The summed E-state index contributed by atoms with van der Waals surface area (Å²) >= 11 is 0. The number of carbonyl (C=O) groups is 1. The number of hydrogen-bond acceptors (Lipinski definition) is 2. The van der Waals surface area contributed by atoms with Gasteiger partial charge in [-0.15, -0.1) is 0 Å². The molecule has 1 aromatic carbocycles. The van der Waals surface area contributed by atoms with E-state index in [1.807, 2.05) is 0 Å². The molecule has 0 radical (unpaired) electrons. The van der Waals surface area contributed by atoms with E-state index in [0.717, 1.165) is 5.56 Å². The summed E-state index contributed by atoms with van der Waals surface area (Å²) in [5.74, 6) is -0.480. The van der Waals surface area contributed by atoms with Crippen molar-refractivity contribution in [2.75, 3.05) is 0 Å². The largest absolute Gasteiger partial charge is 0.369 e. The topological polar surface area (TPSA) is 40.5 Å². The monoisotopic (exact) mass is 235 g/mol. The second-order valence-electron chi connectivity index (χ2n) is 4.24. The van der Waals surface area contributed by atoms with Crippen molar-refractivity contribution in [3.8, 4) is 0 Å². The number of aliphatic hydroxyl groups excluding tert-OH is 1. The Morgan fingerprint density at radius 2 is 1.88 bits per heavy atom. The van der Waals surface area contributed by atoms with Gasteiger partial charge >= 0.3 is 0 Å². The van der Waals surface area contributed by atoms with Gasteiger partial charge in [-0.1, -0.05) is 12.1 Å². The molecule has 1 heterocycles. The maximum atomic E-state index is 12.7. The summed E-state index contributed by atoms with van der Waals surface area (Å²) in [6, 6.07) is 5.90. The summed E-state index contributed by atoms with van der Waals surface area (Å²) in [5.41, 5.74) is 2.05. The lowest BCUT2D eigenvalue weighted by atomic mass is 10.2. The highest BCUT2D eigenvalue weighted by atomic mass is 19.1. The van der Waals surface area contributed by atoms with Gasteiger partial charge in [0.2, 0.25) is 0 Å². The van der Waals surface area contributed by atoms with Crippen LogP contribution in [0, 0.1) is 5.82 Å². The third-order valence-corrected chi connectivity index (χ3v) is 3.12. The lowest BCUT2D eigenvalue weighted by Gasteiger charge is -2.22. The number of carbonyl (C=O) groups excluding carboxylic acids is 1. The van der Waals surface area contributed by atoms with Gasteiger partial charge < -0.3 is 10.0 Å². The first-order chi connectivity index (χ1) is 8.00. The predicted octanol–water partition coefficient (Wildman–Crippen LogP) is 1.82. The molecule has 90 valence electrons. The van der Waals surface area contributed by atoms with Crippen LogP contribution in [-0.2, 0) is 11.3 Å². The molecular weight excluding hydrogens is 221 g/mol. The molecule has 0 bridgehead atoms. The Morgan fingerprint density at radius 1 is 1.29 bits per heavy atom. The normalized spacial score (nSPS) is 20.4. The fourth-order valence-corrected chi connectivity index (χ4v) is 1.87. The van der Waals surface area contributed by atoms with Crippen LogP contribution >= 0.6 is 0 Å². The van der Waals surface area contributed by atoms with Crippen LogP contribution in [0.5, 0.6) is 0 Å². The van der Waals surface area contributed by atoms with Gasteiger partial charge in [-0.05, 0) is 37.1 Å². The lowest BCUT2D eigenvalue weighted by molar-refractivity contribution is -0.132. The van der Waals surface area contributed by atoms with E-state index < -0.39 is 6.23 Å². The van der Waals surface area contributed by atoms with Crippen molar-refractivity contribution >= 4 is 5.91 Å². The Kier molecular flexibility index (Phi) is 2.98. The molecular formula is C13H14FNO2. The van der Waals surface area contributed by atoms with Crippen LogP contribution in [0.3, 0.4) is 0 Å². The first-order valence-corrected chi connectivity index (χ1v) is 5.41. The van der Waals surface area contributed by atoms with Crippen molar-refractivity contribution in [3.05, 3.63) is 46.8 Å². The molecule has 1 atom stereocenters. The Morgan fingerprint density at radius 3 is 2.35 bits per heavy atom. The van der Waals surface area contributed by atoms with E-state index in [1.54, 1.807) is 26.0 Å². The van der Waals surface area contributed by atoms with Gasteiger partial charge in [-0.2, -0.15) is 0 Å². The number of rotatable bonds is 2. The van der Waals surface area contributed by atoms with Crippen LogP contribution in [-0.4, -0.2) is 22.1 Å². The molecule has 2 rings (SSSR count). The van der Waals surface area contributed by atoms with Gasteiger partial charge in [-0.25, -0.2) is 4.39 Å². The second-order valence-corrected chi connectivity index (χ2v) is 4.24. The molecule has 17 heavy (non-hydrogen) atoms. The molecule has 0 fully saturated rings. The smallest absolute Gasteiger partial charge is 0.252 e. The number of aliphatic hydroxyl groups is 1. The van der Waals surface area contributed by atoms with E-state index in [4.69, 9.17) is 0 Å². The van der Waals surface area contributed by atoms with Gasteiger partial charge in [0.05, 0.1) is 0 Å². The summed E-state index contributed by atoms with van der Waals surface area (Å²) in [6.45, 7) is 3.73. The van der Waals surface area contributed by atoms with Crippen LogP contribution in [0.4, 0.5) is 4.39 Å². The van der Waals surface area contributed by atoms with Crippen LogP contribution in [0.2, 0.25) is 0 Å². The Labute approximate surface area is 99.2 Å². The van der Waals surface area contributed by atoms with Crippen molar-refractivity contribution in [1.82, 2.24) is 4.90 Å². The fourth-order valence-electron chi connectivity index (χ4n) is 1.87. The minimum atomic E-state index is -0.868. The van der Waals surface area contributed by atoms with Crippen LogP contribution in [0.25, 0.3) is 0 Å². The minimum absolute atomic E-state index is 0.167. The average molecular weight is 235 g/mol. The fraction of sp³-hybridized carbons (Fsp3) is 0.308. The standard InChI is InChI=1S/C13H14FNO2/c1-8-9(2)13(17)15(12(8)16)7-10-3-5-11(14)6-4-10/h3-6,12,16H,7H2,1-2H3/t12-/m0/s1.